The molecule has 0 spiro atoms. The molecule has 0 aromatic rings. The van der Waals surface area contributed by atoms with Gasteiger partial charge in [-0.3, -0.25) is 4.48 Å². The summed E-state index contributed by atoms with van der Waals surface area (Å²) in [6.07, 6.45) is 10.0. The molecule has 0 bridgehead atoms. The first-order chi connectivity index (χ1) is 11.0. The van der Waals surface area contributed by atoms with Crippen LogP contribution in [0.2, 0.25) is 0 Å². The van der Waals surface area contributed by atoms with Crippen molar-refractivity contribution in [1.29, 1.82) is 0 Å². The first-order valence-corrected chi connectivity index (χ1v) is 9.45. The fourth-order valence-corrected chi connectivity index (χ4v) is 3.43. The Balaban J connectivity index is 5.32. The van der Waals surface area contributed by atoms with Gasteiger partial charge in [0.15, 0.2) is 0 Å². The number of rotatable bonds is 14. The van der Waals surface area contributed by atoms with E-state index in [1.807, 2.05) is 13.1 Å². The molecular formula is C19H37NO3. The van der Waals surface area contributed by atoms with E-state index in [1.165, 1.54) is 12.8 Å². The Labute approximate surface area is 142 Å². The van der Waals surface area contributed by atoms with Crippen LogP contribution in [-0.4, -0.2) is 34.7 Å². The number of carboxylic acids is 1. The maximum Gasteiger partial charge on any atom is 0.145 e. The van der Waals surface area contributed by atoms with Gasteiger partial charge in [-0.2, -0.15) is 0 Å². The molecule has 0 amide bonds. The van der Waals surface area contributed by atoms with E-state index in [1.54, 1.807) is 0 Å². The number of hydrogen-bond acceptors (Lipinski definition) is 3. The molecule has 4 heteroatoms. The molecule has 0 aromatic heterocycles. The molecule has 23 heavy (non-hydrogen) atoms. The van der Waals surface area contributed by atoms with Gasteiger partial charge in [0.2, 0.25) is 0 Å². The highest BCUT2D eigenvalue weighted by Gasteiger charge is 2.35. The van der Waals surface area contributed by atoms with Gasteiger partial charge in [-0.1, -0.05) is 53.4 Å². The largest absolute Gasteiger partial charge is 0.544 e. The summed E-state index contributed by atoms with van der Waals surface area (Å²) in [5.74, 6) is -0.658. The summed E-state index contributed by atoms with van der Waals surface area (Å²) >= 11 is 0. The van der Waals surface area contributed by atoms with Crippen molar-refractivity contribution in [3.63, 3.8) is 0 Å². The summed E-state index contributed by atoms with van der Waals surface area (Å²) in [6.45, 7) is 9.74. The van der Waals surface area contributed by atoms with Crippen molar-refractivity contribution in [1.82, 2.24) is 0 Å². The lowest BCUT2D eigenvalue weighted by Crippen LogP contribution is -2.59. The van der Waals surface area contributed by atoms with Crippen molar-refractivity contribution in [3.8, 4) is 0 Å². The Morgan fingerprint density at radius 2 is 1.61 bits per heavy atom. The summed E-state index contributed by atoms with van der Waals surface area (Å²) in [6, 6.07) is -0.572. The molecular weight excluding hydrogens is 290 g/mol. The van der Waals surface area contributed by atoms with Gasteiger partial charge in [0.1, 0.15) is 18.0 Å². The van der Waals surface area contributed by atoms with E-state index in [9.17, 15) is 15.0 Å². The molecule has 0 heterocycles. The van der Waals surface area contributed by atoms with Gasteiger partial charge in [-0.15, -0.1) is 0 Å². The van der Waals surface area contributed by atoms with Crippen LogP contribution in [0.3, 0.4) is 0 Å². The minimum atomic E-state index is -0.996. The Morgan fingerprint density at radius 1 is 1.00 bits per heavy atom. The number of quaternary nitrogens is 1. The van der Waals surface area contributed by atoms with Gasteiger partial charge in [0.05, 0.1) is 19.1 Å². The summed E-state index contributed by atoms with van der Waals surface area (Å²) < 4.78 is 0.322. The lowest BCUT2D eigenvalue weighted by molar-refractivity contribution is -0.899. The van der Waals surface area contributed by atoms with E-state index in [2.05, 4.69) is 20.8 Å². The van der Waals surface area contributed by atoms with Crippen molar-refractivity contribution in [3.05, 3.63) is 12.0 Å². The highest BCUT2D eigenvalue weighted by atomic mass is 16.4. The second-order valence-corrected chi connectivity index (χ2v) is 6.60. The van der Waals surface area contributed by atoms with E-state index < -0.39 is 12.0 Å². The van der Waals surface area contributed by atoms with E-state index in [-0.39, 0.29) is 0 Å². The van der Waals surface area contributed by atoms with Crippen LogP contribution in [0, 0.1) is 0 Å². The Kier molecular flexibility index (Phi) is 11.8. The number of aliphatic hydroxyl groups is 1. The number of aliphatic hydroxyl groups excluding tert-OH is 1. The highest BCUT2D eigenvalue weighted by Crippen LogP contribution is 2.24. The predicted octanol–water partition coefficient (Wildman–Crippen LogP) is 3.91. The maximum absolute atomic E-state index is 11.7. The molecule has 0 saturated carbocycles. The number of carbonyl (C=O) groups excluding carboxylic acids is 1. The van der Waals surface area contributed by atoms with Crippen LogP contribution in [0.5, 0.6) is 0 Å². The van der Waals surface area contributed by atoms with Crippen LogP contribution >= 0.6 is 0 Å². The lowest BCUT2D eigenvalue weighted by atomic mass is 10.0. The van der Waals surface area contributed by atoms with Crippen LogP contribution in [0.4, 0.5) is 0 Å². The first kappa shape index (κ1) is 22.0. The highest BCUT2D eigenvalue weighted by molar-refractivity contribution is 5.69. The van der Waals surface area contributed by atoms with Crippen molar-refractivity contribution in [2.24, 2.45) is 0 Å². The molecule has 4 nitrogen and oxygen atoms in total. The zero-order valence-corrected chi connectivity index (χ0v) is 15.6. The van der Waals surface area contributed by atoms with Crippen molar-refractivity contribution in [2.75, 3.05) is 13.1 Å². The van der Waals surface area contributed by atoms with E-state index in [0.29, 0.717) is 23.1 Å². The number of carbonyl (C=O) groups is 1. The van der Waals surface area contributed by atoms with Gasteiger partial charge >= 0.3 is 0 Å². The van der Waals surface area contributed by atoms with E-state index in [4.69, 9.17) is 0 Å². The van der Waals surface area contributed by atoms with Gasteiger partial charge in [-0.05, 0) is 19.3 Å². The number of hydrogen-bond donors (Lipinski definition) is 1. The molecule has 0 fully saturated rings. The molecule has 0 aliphatic carbocycles. The van der Waals surface area contributed by atoms with Crippen molar-refractivity contribution in [2.45, 2.75) is 91.5 Å². The molecule has 0 aromatic carbocycles. The van der Waals surface area contributed by atoms with Gasteiger partial charge in [-0.25, -0.2) is 0 Å². The average Bonchev–Trinajstić information content (AvgIpc) is 2.49. The Bertz CT molecular complexity index is 347. The Morgan fingerprint density at radius 3 is 2.04 bits per heavy atom. The molecule has 1 unspecified atom stereocenters. The van der Waals surface area contributed by atoms with Crippen LogP contribution in [0.1, 0.15) is 85.5 Å². The SMILES string of the molecule is CCCCCC/C(O)=C/[N+](CCC)(CCC)C(CCC)C(=O)[O-]. The molecule has 136 valence electrons. The third-order valence-electron chi connectivity index (χ3n) is 4.43. The van der Waals surface area contributed by atoms with Crippen LogP contribution in [0.15, 0.2) is 12.0 Å². The molecule has 0 rings (SSSR count). The normalized spacial score (nSPS) is 14.0. The quantitative estimate of drug-likeness (QED) is 0.299. The monoisotopic (exact) mass is 327 g/mol. The fraction of sp³-hybridized carbons (Fsp3) is 0.842. The average molecular weight is 328 g/mol. The minimum Gasteiger partial charge on any atom is -0.544 e. The number of allylic oxidation sites excluding steroid dienone is 1. The minimum absolute atomic E-state index is 0.322. The Hall–Kier alpha value is -1.03. The summed E-state index contributed by atoms with van der Waals surface area (Å²) in [4.78, 5) is 11.7. The standard InChI is InChI=1S/C19H37NO3/c1-5-9-10-11-13-17(21)16-20(14-7-3,15-8-4)18(12-6-2)19(22)23/h16,18H,5-15H2,1-4H3,(H-,21,22,23)/b17-16-. The summed E-state index contributed by atoms with van der Waals surface area (Å²) in [5.41, 5.74) is 0. The summed E-state index contributed by atoms with van der Waals surface area (Å²) in [7, 11) is 0. The zero-order valence-electron chi connectivity index (χ0n) is 15.6. The number of carboxylic acid groups (broad SMARTS) is 1. The second-order valence-electron chi connectivity index (χ2n) is 6.60. The van der Waals surface area contributed by atoms with E-state index >= 15 is 0 Å². The molecule has 0 saturated heterocycles. The smallest absolute Gasteiger partial charge is 0.145 e. The second kappa shape index (κ2) is 12.4. The first-order valence-electron chi connectivity index (χ1n) is 9.45. The molecule has 0 radical (unpaired) electrons. The van der Waals surface area contributed by atoms with Crippen molar-refractivity contribution < 1.29 is 19.5 Å². The molecule has 1 atom stereocenters. The topological polar surface area (TPSA) is 60.4 Å². The third kappa shape index (κ3) is 7.87. The van der Waals surface area contributed by atoms with E-state index in [0.717, 1.165) is 45.2 Å². The zero-order chi connectivity index (χ0) is 17.7. The fourth-order valence-electron chi connectivity index (χ4n) is 3.43. The molecule has 0 aliphatic heterocycles. The number of nitrogens with zero attached hydrogens (tertiary/aromatic N) is 1. The van der Waals surface area contributed by atoms with Gasteiger partial charge in [0.25, 0.3) is 0 Å². The van der Waals surface area contributed by atoms with Crippen LogP contribution in [0.25, 0.3) is 0 Å². The lowest BCUT2D eigenvalue weighted by Gasteiger charge is -2.42. The molecule has 1 N–H and O–H groups in total. The van der Waals surface area contributed by atoms with Crippen LogP contribution in [-0.2, 0) is 4.79 Å². The number of aliphatic carboxylic acids is 1. The van der Waals surface area contributed by atoms with Gasteiger partial charge < -0.3 is 15.0 Å². The maximum atomic E-state index is 11.7. The summed E-state index contributed by atoms with van der Waals surface area (Å²) in [5, 5.41) is 22.1. The van der Waals surface area contributed by atoms with Crippen LogP contribution < -0.4 is 5.11 Å². The van der Waals surface area contributed by atoms with Crippen molar-refractivity contribution >= 4 is 5.97 Å². The number of unbranched alkanes of at least 4 members (excludes halogenated alkanes) is 3. The third-order valence-corrected chi connectivity index (χ3v) is 4.43. The molecule has 0 aliphatic rings. The van der Waals surface area contributed by atoms with Gasteiger partial charge in [0, 0.05) is 12.8 Å². The predicted molar refractivity (Wildman–Crippen MR) is 93.8 cm³/mol.